The van der Waals surface area contributed by atoms with Crippen molar-refractivity contribution in [1.82, 2.24) is 20.9 Å². The number of morpholine rings is 1. The Bertz CT molecular complexity index is 623. The van der Waals surface area contributed by atoms with Gasteiger partial charge in [-0.2, -0.15) is 0 Å². The van der Waals surface area contributed by atoms with E-state index >= 15 is 0 Å². The average molecular weight is 389 g/mol. The van der Waals surface area contributed by atoms with Gasteiger partial charge in [-0.15, -0.1) is 0 Å². The molecule has 1 aliphatic carbocycles. The Morgan fingerprint density at radius 3 is 2.39 bits per heavy atom. The first-order valence-electron chi connectivity index (χ1n) is 10.4. The van der Waals surface area contributed by atoms with Crippen molar-refractivity contribution in [3.8, 4) is 0 Å². The third kappa shape index (κ3) is 7.13. The van der Waals surface area contributed by atoms with Crippen LogP contribution in [-0.4, -0.2) is 55.7 Å². The molecular weight excluding hydrogens is 356 g/mol. The molecule has 1 aliphatic heterocycles. The molecule has 0 spiro atoms. The van der Waals surface area contributed by atoms with Gasteiger partial charge in [-0.25, -0.2) is 4.79 Å². The molecule has 1 aromatic carbocycles. The average Bonchev–Trinajstić information content (AvgIpc) is 3.21. The Balaban J connectivity index is 1.28. The molecule has 154 valence electrons. The maximum absolute atomic E-state index is 11.9. The first-order chi connectivity index (χ1) is 13.7. The van der Waals surface area contributed by atoms with E-state index in [0.717, 1.165) is 51.3 Å². The van der Waals surface area contributed by atoms with Crippen LogP contribution in [0.4, 0.5) is 4.79 Å². The standard InChI is InChI=1S/C21H32N4O3/c26-20(24-19-3-1-2-4-19)9-10-22-21(27)23-15-17-5-7-18(8-6-17)16-25-11-13-28-14-12-25/h5-8,19H,1-4,9-16H2,(H,24,26)(H2,22,23,27). The zero-order valence-electron chi connectivity index (χ0n) is 16.5. The lowest BCUT2D eigenvalue weighted by molar-refractivity contribution is -0.121. The maximum atomic E-state index is 11.9. The fraction of sp³-hybridized carbons (Fsp3) is 0.619. The van der Waals surface area contributed by atoms with E-state index in [1.165, 1.54) is 18.4 Å². The Labute approximate surface area is 167 Å². The maximum Gasteiger partial charge on any atom is 0.315 e. The van der Waals surface area contributed by atoms with E-state index < -0.39 is 0 Å². The highest BCUT2D eigenvalue weighted by Crippen LogP contribution is 2.17. The molecule has 1 heterocycles. The Hall–Kier alpha value is -2.12. The zero-order chi connectivity index (χ0) is 19.6. The summed E-state index contributed by atoms with van der Waals surface area (Å²) in [5.74, 6) is 0.0167. The van der Waals surface area contributed by atoms with Crippen LogP contribution < -0.4 is 16.0 Å². The fourth-order valence-corrected chi connectivity index (χ4v) is 3.68. The largest absolute Gasteiger partial charge is 0.379 e. The highest BCUT2D eigenvalue weighted by molar-refractivity contribution is 5.78. The summed E-state index contributed by atoms with van der Waals surface area (Å²) in [5.41, 5.74) is 2.32. The lowest BCUT2D eigenvalue weighted by Gasteiger charge is -2.26. The van der Waals surface area contributed by atoms with Crippen LogP contribution >= 0.6 is 0 Å². The summed E-state index contributed by atoms with van der Waals surface area (Å²) in [7, 11) is 0. The third-order valence-electron chi connectivity index (χ3n) is 5.34. The lowest BCUT2D eigenvalue weighted by atomic mass is 10.1. The van der Waals surface area contributed by atoms with Gasteiger partial charge in [-0.1, -0.05) is 37.1 Å². The summed E-state index contributed by atoms with van der Waals surface area (Å²) in [5, 5.41) is 8.61. The van der Waals surface area contributed by atoms with Crippen molar-refractivity contribution in [3.63, 3.8) is 0 Å². The molecule has 0 radical (unpaired) electrons. The topological polar surface area (TPSA) is 82.7 Å². The molecule has 3 rings (SSSR count). The summed E-state index contributed by atoms with van der Waals surface area (Å²) in [6.45, 7) is 5.31. The van der Waals surface area contributed by atoms with Crippen molar-refractivity contribution in [3.05, 3.63) is 35.4 Å². The molecular formula is C21H32N4O3. The molecule has 0 unspecified atom stereocenters. The van der Waals surface area contributed by atoms with E-state index in [1.807, 2.05) is 12.1 Å². The van der Waals surface area contributed by atoms with Gasteiger partial charge in [0.05, 0.1) is 13.2 Å². The molecule has 1 aromatic rings. The van der Waals surface area contributed by atoms with Crippen LogP contribution in [0.1, 0.15) is 43.2 Å². The highest BCUT2D eigenvalue weighted by Gasteiger charge is 2.16. The van der Waals surface area contributed by atoms with Gasteiger partial charge in [-0.3, -0.25) is 9.69 Å². The summed E-state index contributed by atoms with van der Waals surface area (Å²) in [6.07, 6.45) is 4.86. The highest BCUT2D eigenvalue weighted by atomic mass is 16.5. The predicted octanol–water partition coefficient (Wildman–Crippen LogP) is 1.77. The fourth-order valence-electron chi connectivity index (χ4n) is 3.68. The molecule has 7 nitrogen and oxygen atoms in total. The van der Waals surface area contributed by atoms with Crippen molar-refractivity contribution >= 4 is 11.9 Å². The monoisotopic (exact) mass is 388 g/mol. The zero-order valence-corrected chi connectivity index (χ0v) is 16.5. The van der Waals surface area contributed by atoms with Gasteiger partial charge in [-0.05, 0) is 24.0 Å². The van der Waals surface area contributed by atoms with Crippen LogP contribution in [0.25, 0.3) is 0 Å². The number of carbonyl (C=O) groups excluding carboxylic acids is 2. The number of carbonyl (C=O) groups is 2. The number of rotatable bonds is 8. The van der Waals surface area contributed by atoms with Gasteiger partial charge in [0.25, 0.3) is 0 Å². The van der Waals surface area contributed by atoms with E-state index in [0.29, 0.717) is 25.6 Å². The number of nitrogens with one attached hydrogen (secondary N) is 3. The molecule has 28 heavy (non-hydrogen) atoms. The van der Waals surface area contributed by atoms with Gasteiger partial charge in [0.2, 0.25) is 5.91 Å². The first kappa shape index (κ1) is 20.6. The minimum absolute atomic E-state index is 0.0167. The molecule has 0 bridgehead atoms. The SMILES string of the molecule is O=C(CCNC(=O)NCc1ccc(CN2CCOCC2)cc1)NC1CCCC1. The number of hydrogen-bond acceptors (Lipinski definition) is 4. The number of benzene rings is 1. The molecule has 0 aromatic heterocycles. The summed E-state index contributed by atoms with van der Waals surface area (Å²) in [4.78, 5) is 26.1. The number of amides is 3. The number of nitrogens with zero attached hydrogens (tertiary/aromatic N) is 1. The second-order valence-corrected chi connectivity index (χ2v) is 7.61. The summed E-state index contributed by atoms with van der Waals surface area (Å²) < 4.78 is 5.37. The molecule has 3 amide bonds. The second-order valence-electron chi connectivity index (χ2n) is 7.61. The smallest absolute Gasteiger partial charge is 0.315 e. The van der Waals surface area contributed by atoms with Crippen LogP contribution in [0.5, 0.6) is 0 Å². The van der Waals surface area contributed by atoms with Crippen LogP contribution in [0.15, 0.2) is 24.3 Å². The predicted molar refractivity (Wildman–Crippen MR) is 108 cm³/mol. The summed E-state index contributed by atoms with van der Waals surface area (Å²) >= 11 is 0. The number of ether oxygens (including phenoxy) is 1. The third-order valence-corrected chi connectivity index (χ3v) is 5.34. The second kappa shape index (κ2) is 11.0. The number of hydrogen-bond donors (Lipinski definition) is 3. The van der Waals surface area contributed by atoms with Gasteiger partial charge in [0.1, 0.15) is 0 Å². The van der Waals surface area contributed by atoms with E-state index in [2.05, 4.69) is 33.0 Å². The van der Waals surface area contributed by atoms with E-state index in [1.54, 1.807) is 0 Å². The van der Waals surface area contributed by atoms with E-state index in [4.69, 9.17) is 4.74 Å². The Kier molecular flexibility index (Phi) is 8.11. The van der Waals surface area contributed by atoms with Crippen LogP contribution in [0, 0.1) is 0 Å². The van der Waals surface area contributed by atoms with Gasteiger partial charge in [0.15, 0.2) is 0 Å². The van der Waals surface area contributed by atoms with Crippen molar-refractivity contribution in [2.45, 2.75) is 51.2 Å². The molecule has 0 atom stereocenters. The normalized spacial score (nSPS) is 18.0. The van der Waals surface area contributed by atoms with Gasteiger partial charge < -0.3 is 20.7 Å². The van der Waals surface area contributed by atoms with E-state index in [-0.39, 0.29) is 11.9 Å². The molecule has 1 saturated carbocycles. The van der Waals surface area contributed by atoms with Crippen LogP contribution in [-0.2, 0) is 22.6 Å². The lowest BCUT2D eigenvalue weighted by Crippen LogP contribution is -2.39. The Morgan fingerprint density at radius 1 is 1.00 bits per heavy atom. The van der Waals surface area contributed by atoms with Crippen molar-refractivity contribution in [2.75, 3.05) is 32.8 Å². The minimum Gasteiger partial charge on any atom is -0.379 e. The van der Waals surface area contributed by atoms with E-state index in [9.17, 15) is 9.59 Å². The number of urea groups is 1. The van der Waals surface area contributed by atoms with Crippen molar-refractivity contribution in [2.24, 2.45) is 0 Å². The molecule has 1 saturated heterocycles. The molecule has 3 N–H and O–H groups in total. The van der Waals surface area contributed by atoms with Gasteiger partial charge in [0, 0.05) is 45.2 Å². The first-order valence-corrected chi connectivity index (χ1v) is 10.4. The quantitative estimate of drug-likeness (QED) is 0.634. The minimum atomic E-state index is -0.244. The van der Waals surface area contributed by atoms with Crippen molar-refractivity contribution in [1.29, 1.82) is 0 Å². The molecule has 2 aliphatic rings. The summed E-state index contributed by atoms with van der Waals surface area (Å²) in [6, 6.07) is 8.39. The molecule has 2 fully saturated rings. The van der Waals surface area contributed by atoms with Crippen LogP contribution in [0.3, 0.4) is 0 Å². The van der Waals surface area contributed by atoms with Crippen molar-refractivity contribution < 1.29 is 14.3 Å². The molecule has 7 heteroatoms. The van der Waals surface area contributed by atoms with Gasteiger partial charge >= 0.3 is 6.03 Å². The van der Waals surface area contributed by atoms with Crippen LogP contribution in [0.2, 0.25) is 0 Å². The Morgan fingerprint density at radius 2 is 1.68 bits per heavy atom.